The highest BCUT2D eigenvalue weighted by atomic mass is 19.1. The number of pyridine rings is 1. The van der Waals surface area contributed by atoms with Gasteiger partial charge in [0.2, 0.25) is 0 Å². The van der Waals surface area contributed by atoms with E-state index in [1.807, 2.05) is 0 Å². The summed E-state index contributed by atoms with van der Waals surface area (Å²) in [5.74, 6) is 4.74. The topological polar surface area (TPSA) is 48.1 Å². The minimum absolute atomic E-state index is 0.179. The fourth-order valence-corrected chi connectivity index (χ4v) is 1.61. The van der Waals surface area contributed by atoms with Crippen molar-refractivity contribution in [1.29, 1.82) is 0 Å². The number of halogens is 1. The van der Waals surface area contributed by atoms with E-state index in [1.54, 1.807) is 12.3 Å². The quantitative estimate of drug-likeness (QED) is 0.713. The highest BCUT2D eigenvalue weighted by Crippen LogP contribution is 2.48. The zero-order valence-electron chi connectivity index (χ0n) is 7.16. The zero-order chi connectivity index (χ0) is 9.31. The molecule has 0 amide bonds. The summed E-state index contributed by atoms with van der Waals surface area (Å²) in [7, 11) is 0. The average molecular weight is 182 g/mol. The van der Waals surface area contributed by atoms with Gasteiger partial charge in [-0.2, -0.15) is 0 Å². The van der Waals surface area contributed by atoms with Crippen LogP contribution >= 0.6 is 0 Å². The average Bonchev–Trinajstić information content (AvgIpc) is 2.87. The van der Waals surface area contributed by atoms with Crippen LogP contribution in [-0.4, -0.2) is 11.6 Å². The predicted molar refractivity (Wildman–Crippen MR) is 45.2 cm³/mol. The van der Waals surface area contributed by atoms with Gasteiger partial charge < -0.3 is 4.84 Å². The molecule has 0 bridgehead atoms. The van der Waals surface area contributed by atoms with Crippen LogP contribution in [0.3, 0.4) is 0 Å². The molecule has 1 aliphatic rings. The van der Waals surface area contributed by atoms with Crippen LogP contribution in [0, 0.1) is 5.82 Å². The van der Waals surface area contributed by atoms with Crippen molar-refractivity contribution in [3.63, 3.8) is 0 Å². The molecule has 0 radical (unpaired) electrons. The predicted octanol–water partition coefficient (Wildman–Crippen LogP) is 1.14. The third-order valence-electron chi connectivity index (χ3n) is 2.56. The summed E-state index contributed by atoms with van der Waals surface area (Å²) in [6.45, 7) is 0.383. The van der Waals surface area contributed by atoms with Gasteiger partial charge in [-0.25, -0.2) is 10.3 Å². The first-order chi connectivity index (χ1) is 6.28. The van der Waals surface area contributed by atoms with Crippen molar-refractivity contribution in [3.8, 4) is 0 Å². The largest absolute Gasteiger partial charge is 0.304 e. The molecule has 1 heterocycles. The Balaban J connectivity index is 2.30. The van der Waals surface area contributed by atoms with Gasteiger partial charge in [-0.15, -0.1) is 0 Å². The summed E-state index contributed by atoms with van der Waals surface area (Å²) in [5, 5.41) is 0. The third kappa shape index (κ3) is 1.43. The van der Waals surface area contributed by atoms with Gasteiger partial charge in [0.25, 0.3) is 0 Å². The standard InChI is InChI=1S/C9H11FN2O/c10-8-5-12-4-1-7(8)9(2-3-9)6-13-11/h1,4-5H,2-3,6,11H2. The smallest absolute Gasteiger partial charge is 0.145 e. The summed E-state index contributed by atoms with van der Waals surface area (Å²) in [5.41, 5.74) is 0.495. The fourth-order valence-electron chi connectivity index (χ4n) is 1.61. The molecule has 1 saturated carbocycles. The molecule has 2 rings (SSSR count). The molecule has 0 spiro atoms. The summed E-state index contributed by atoms with van der Waals surface area (Å²) >= 11 is 0. The van der Waals surface area contributed by atoms with Crippen molar-refractivity contribution in [1.82, 2.24) is 4.98 Å². The lowest BCUT2D eigenvalue weighted by Gasteiger charge is -2.13. The van der Waals surface area contributed by atoms with Crippen LogP contribution in [0.5, 0.6) is 0 Å². The van der Waals surface area contributed by atoms with Crippen LogP contribution in [0.1, 0.15) is 18.4 Å². The van der Waals surface area contributed by atoms with Gasteiger partial charge in [0, 0.05) is 11.6 Å². The van der Waals surface area contributed by atoms with E-state index >= 15 is 0 Å². The molecule has 0 atom stereocenters. The normalized spacial score (nSPS) is 18.6. The minimum Gasteiger partial charge on any atom is -0.304 e. The highest BCUT2D eigenvalue weighted by Gasteiger charge is 2.46. The van der Waals surface area contributed by atoms with E-state index in [0.717, 1.165) is 12.8 Å². The van der Waals surface area contributed by atoms with Crippen molar-refractivity contribution in [2.45, 2.75) is 18.3 Å². The lowest BCUT2D eigenvalue weighted by Crippen LogP contribution is -2.19. The summed E-state index contributed by atoms with van der Waals surface area (Å²) < 4.78 is 13.3. The molecule has 70 valence electrons. The number of hydrogen-bond acceptors (Lipinski definition) is 3. The third-order valence-corrected chi connectivity index (χ3v) is 2.56. The molecule has 1 aromatic rings. The zero-order valence-corrected chi connectivity index (χ0v) is 7.16. The maximum absolute atomic E-state index is 13.3. The lowest BCUT2D eigenvalue weighted by atomic mass is 9.98. The Hall–Kier alpha value is -1.00. The van der Waals surface area contributed by atoms with Crippen LogP contribution in [0.15, 0.2) is 18.5 Å². The second-order valence-corrected chi connectivity index (χ2v) is 3.45. The Bertz CT molecular complexity index is 312. The molecule has 13 heavy (non-hydrogen) atoms. The summed E-state index contributed by atoms with van der Waals surface area (Å²) in [6, 6.07) is 1.70. The molecule has 0 aliphatic heterocycles. The molecule has 0 unspecified atom stereocenters. The van der Waals surface area contributed by atoms with Crippen LogP contribution in [-0.2, 0) is 10.3 Å². The Morgan fingerprint density at radius 1 is 1.62 bits per heavy atom. The van der Waals surface area contributed by atoms with Gasteiger partial charge in [0.15, 0.2) is 0 Å². The Kier molecular flexibility index (Phi) is 2.01. The van der Waals surface area contributed by atoms with Gasteiger partial charge >= 0.3 is 0 Å². The Morgan fingerprint density at radius 3 is 2.92 bits per heavy atom. The first kappa shape index (κ1) is 8.59. The van der Waals surface area contributed by atoms with E-state index < -0.39 is 0 Å². The number of nitrogens with two attached hydrogens (primary N) is 1. The van der Waals surface area contributed by atoms with Crippen molar-refractivity contribution in [2.75, 3.05) is 6.61 Å². The van der Waals surface area contributed by atoms with Gasteiger partial charge in [0.05, 0.1) is 12.8 Å². The van der Waals surface area contributed by atoms with E-state index in [4.69, 9.17) is 5.90 Å². The molecule has 0 saturated heterocycles. The number of nitrogens with zero attached hydrogens (tertiary/aromatic N) is 1. The molecule has 1 aliphatic carbocycles. The Morgan fingerprint density at radius 2 is 2.38 bits per heavy atom. The first-order valence-electron chi connectivity index (χ1n) is 4.20. The molecule has 2 N–H and O–H groups in total. The maximum Gasteiger partial charge on any atom is 0.145 e. The lowest BCUT2D eigenvalue weighted by molar-refractivity contribution is 0.115. The van der Waals surface area contributed by atoms with Crippen LogP contribution in [0.4, 0.5) is 4.39 Å². The monoisotopic (exact) mass is 182 g/mol. The minimum atomic E-state index is -0.267. The van der Waals surface area contributed by atoms with Crippen LogP contribution < -0.4 is 5.90 Å². The molecular weight excluding hydrogens is 171 g/mol. The number of hydrogen-bond donors (Lipinski definition) is 1. The van der Waals surface area contributed by atoms with Crippen molar-refractivity contribution >= 4 is 0 Å². The highest BCUT2D eigenvalue weighted by molar-refractivity contribution is 5.30. The van der Waals surface area contributed by atoms with Gasteiger partial charge in [-0.05, 0) is 24.5 Å². The number of aromatic nitrogens is 1. The van der Waals surface area contributed by atoms with Crippen LogP contribution in [0.2, 0.25) is 0 Å². The van der Waals surface area contributed by atoms with Crippen molar-refractivity contribution in [2.24, 2.45) is 5.90 Å². The molecule has 3 nitrogen and oxygen atoms in total. The summed E-state index contributed by atoms with van der Waals surface area (Å²) in [4.78, 5) is 8.29. The van der Waals surface area contributed by atoms with Gasteiger partial charge in [-0.3, -0.25) is 4.98 Å². The van der Waals surface area contributed by atoms with E-state index in [-0.39, 0.29) is 11.2 Å². The number of rotatable bonds is 3. The Labute approximate surface area is 75.7 Å². The van der Waals surface area contributed by atoms with E-state index in [1.165, 1.54) is 6.20 Å². The molecule has 0 aromatic carbocycles. The van der Waals surface area contributed by atoms with Crippen molar-refractivity contribution in [3.05, 3.63) is 29.8 Å². The second-order valence-electron chi connectivity index (χ2n) is 3.45. The molecule has 1 fully saturated rings. The molecule has 1 aromatic heterocycles. The second kappa shape index (κ2) is 3.05. The molecular formula is C9H11FN2O. The van der Waals surface area contributed by atoms with Crippen molar-refractivity contribution < 1.29 is 9.23 Å². The first-order valence-corrected chi connectivity index (χ1v) is 4.20. The van der Waals surface area contributed by atoms with E-state index in [2.05, 4.69) is 9.82 Å². The van der Waals surface area contributed by atoms with Gasteiger partial charge in [0.1, 0.15) is 5.82 Å². The van der Waals surface area contributed by atoms with Crippen LogP contribution in [0.25, 0.3) is 0 Å². The van der Waals surface area contributed by atoms with E-state index in [9.17, 15) is 4.39 Å². The fraction of sp³-hybridized carbons (Fsp3) is 0.444. The maximum atomic E-state index is 13.3. The summed E-state index contributed by atoms with van der Waals surface area (Å²) in [6.07, 6.45) is 4.69. The van der Waals surface area contributed by atoms with Gasteiger partial charge in [-0.1, -0.05) is 0 Å². The van der Waals surface area contributed by atoms with E-state index in [0.29, 0.717) is 12.2 Å². The molecule has 4 heteroatoms. The SMILES string of the molecule is NOCC1(c2ccncc2F)CC1.